The molecule has 0 aliphatic heterocycles. The summed E-state index contributed by atoms with van der Waals surface area (Å²) < 4.78 is 0. The van der Waals surface area contributed by atoms with Gasteiger partial charge in [-0.25, -0.2) is 0 Å². The zero-order valence-electron chi connectivity index (χ0n) is 11.7. The molecule has 7 nitrogen and oxygen atoms in total. The highest BCUT2D eigenvalue weighted by molar-refractivity contribution is 6.09. The first-order valence-corrected chi connectivity index (χ1v) is 6.47. The lowest BCUT2D eigenvalue weighted by Gasteiger charge is -2.14. The first kappa shape index (κ1) is 13.7. The van der Waals surface area contributed by atoms with Gasteiger partial charge < -0.3 is 16.6 Å². The molecule has 0 radical (unpaired) electrons. The average Bonchev–Trinajstić information content (AvgIpc) is 2.50. The summed E-state index contributed by atoms with van der Waals surface area (Å²) >= 11 is 0. The number of pyridine rings is 1. The van der Waals surface area contributed by atoms with Crippen LogP contribution < -0.4 is 11.5 Å². The first-order chi connectivity index (χ1) is 10.5. The van der Waals surface area contributed by atoms with Crippen molar-refractivity contribution in [1.82, 2.24) is 15.0 Å². The highest BCUT2D eigenvalue weighted by Gasteiger charge is 2.19. The van der Waals surface area contributed by atoms with Crippen molar-refractivity contribution in [1.29, 1.82) is 0 Å². The number of nitrogens with zero attached hydrogens (tertiary/aromatic N) is 3. The number of fused-ring (bicyclic) bond motifs is 1. The highest BCUT2D eigenvalue weighted by atomic mass is 16.3. The summed E-state index contributed by atoms with van der Waals surface area (Å²) in [4.78, 5) is 24.1. The predicted molar refractivity (Wildman–Crippen MR) is 82.1 cm³/mol. The van der Waals surface area contributed by atoms with Gasteiger partial charge in [0, 0.05) is 35.3 Å². The maximum atomic E-state index is 11.6. The van der Waals surface area contributed by atoms with Crippen LogP contribution in [-0.2, 0) is 0 Å². The van der Waals surface area contributed by atoms with E-state index < -0.39 is 5.91 Å². The number of benzene rings is 1. The van der Waals surface area contributed by atoms with Crippen LogP contribution in [0, 0.1) is 6.92 Å². The van der Waals surface area contributed by atoms with Crippen molar-refractivity contribution >= 4 is 22.6 Å². The maximum absolute atomic E-state index is 11.6. The van der Waals surface area contributed by atoms with Crippen molar-refractivity contribution in [2.75, 3.05) is 5.73 Å². The van der Waals surface area contributed by atoms with E-state index in [2.05, 4.69) is 15.0 Å². The van der Waals surface area contributed by atoms with E-state index in [0.717, 1.165) is 0 Å². The van der Waals surface area contributed by atoms with Gasteiger partial charge in [0.15, 0.2) is 0 Å². The van der Waals surface area contributed by atoms with Gasteiger partial charge in [-0.05, 0) is 13.0 Å². The monoisotopic (exact) mass is 295 g/mol. The number of carbonyl (C=O) groups is 1. The summed E-state index contributed by atoms with van der Waals surface area (Å²) in [7, 11) is 0. The Morgan fingerprint density at radius 1 is 1.23 bits per heavy atom. The fourth-order valence-electron chi connectivity index (χ4n) is 2.37. The Morgan fingerprint density at radius 3 is 2.68 bits per heavy atom. The standard InChI is InChI=1S/C15H13N5O2/c1-7-9(5-18-6-11(7)21)12-13(16)8(15(17)22)4-10-14(12)20-3-2-19-10/h2-6,21H,16H2,1H3,(H2,17,22). The van der Waals surface area contributed by atoms with Crippen LogP contribution in [0.5, 0.6) is 5.75 Å². The van der Waals surface area contributed by atoms with E-state index in [-0.39, 0.29) is 17.0 Å². The van der Waals surface area contributed by atoms with Crippen LogP contribution in [0.2, 0.25) is 0 Å². The summed E-state index contributed by atoms with van der Waals surface area (Å²) in [5.74, 6) is -0.629. The van der Waals surface area contributed by atoms with Crippen molar-refractivity contribution in [3.63, 3.8) is 0 Å². The van der Waals surface area contributed by atoms with Crippen molar-refractivity contribution < 1.29 is 9.90 Å². The largest absolute Gasteiger partial charge is 0.506 e. The SMILES string of the molecule is Cc1c(O)cncc1-c1c(N)c(C(N)=O)cc2nccnc12. The van der Waals surface area contributed by atoms with Crippen molar-refractivity contribution in [2.45, 2.75) is 6.92 Å². The Hall–Kier alpha value is -3.22. The normalized spacial score (nSPS) is 10.8. The minimum Gasteiger partial charge on any atom is -0.506 e. The number of nitrogens with two attached hydrogens (primary N) is 2. The maximum Gasteiger partial charge on any atom is 0.250 e. The molecule has 7 heteroatoms. The molecule has 1 amide bonds. The molecule has 0 bridgehead atoms. The lowest BCUT2D eigenvalue weighted by atomic mass is 9.95. The third kappa shape index (κ3) is 1.99. The van der Waals surface area contributed by atoms with Gasteiger partial charge in [-0.1, -0.05) is 0 Å². The van der Waals surface area contributed by atoms with Gasteiger partial charge in [0.25, 0.3) is 5.91 Å². The van der Waals surface area contributed by atoms with Crippen LogP contribution in [0.15, 0.2) is 30.9 Å². The molecule has 0 aliphatic rings. The Kier molecular flexibility index (Phi) is 3.10. The van der Waals surface area contributed by atoms with Crippen LogP contribution in [0.1, 0.15) is 15.9 Å². The third-order valence-corrected chi connectivity index (χ3v) is 3.53. The molecule has 1 aromatic carbocycles. The molecule has 0 spiro atoms. The number of primary amides is 1. The van der Waals surface area contributed by atoms with Gasteiger partial charge in [0.1, 0.15) is 5.75 Å². The number of hydrogen-bond acceptors (Lipinski definition) is 6. The molecule has 0 aliphatic carbocycles. The molecule has 22 heavy (non-hydrogen) atoms. The molecule has 0 unspecified atom stereocenters. The molecule has 0 fully saturated rings. The fourth-order valence-corrected chi connectivity index (χ4v) is 2.37. The van der Waals surface area contributed by atoms with Crippen molar-refractivity contribution in [3.05, 3.63) is 42.0 Å². The van der Waals surface area contributed by atoms with E-state index in [1.165, 1.54) is 24.7 Å². The number of aromatic nitrogens is 3. The van der Waals surface area contributed by atoms with E-state index in [0.29, 0.717) is 27.7 Å². The van der Waals surface area contributed by atoms with Crippen LogP contribution in [-0.4, -0.2) is 26.0 Å². The second kappa shape index (κ2) is 4.96. The van der Waals surface area contributed by atoms with E-state index in [1.807, 2.05) is 0 Å². The van der Waals surface area contributed by atoms with Crippen LogP contribution >= 0.6 is 0 Å². The number of aromatic hydroxyl groups is 1. The number of anilines is 1. The lowest BCUT2D eigenvalue weighted by Crippen LogP contribution is -2.14. The Bertz CT molecular complexity index is 908. The Labute approximate surface area is 125 Å². The Balaban J connectivity index is 2.49. The molecule has 0 saturated heterocycles. The van der Waals surface area contributed by atoms with Gasteiger partial charge in [-0.15, -0.1) is 0 Å². The summed E-state index contributed by atoms with van der Waals surface area (Å²) in [6.07, 6.45) is 5.93. The van der Waals surface area contributed by atoms with Crippen LogP contribution in [0.3, 0.4) is 0 Å². The molecule has 2 aromatic heterocycles. The van der Waals surface area contributed by atoms with Gasteiger partial charge in [0.05, 0.1) is 28.5 Å². The summed E-state index contributed by atoms with van der Waals surface area (Å²) in [5, 5.41) is 9.87. The van der Waals surface area contributed by atoms with Gasteiger partial charge >= 0.3 is 0 Å². The minimum atomic E-state index is -0.655. The lowest BCUT2D eigenvalue weighted by molar-refractivity contribution is 0.100. The van der Waals surface area contributed by atoms with E-state index in [1.54, 1.807) is 13.1 Å². The predicted octanol–water partition coefficient (Wildman–Crippen LogP) is 1.39. The average molecular weight is 295 g/mol. The highest BCUT2D eigenvalue weighted by Crippen LogP contribution is 2.37. The summed E-state index contributed by atoms with van der Waals surface area (Å²) in [6, 6.07) is 1.51. The molecule has 0 atom stereocenters. The third-order valence-electron chi connectivity index (χ3n) is 3.53. The molecule has 3 aromatic rings. The molecule has 0 saturated carbocycles. The van der Waals surface area contributed by atoms with Crippen LogP contribution in [0.25, 0.3) is 22.2 Å². The topological polar surface area (TPSA) is 128 Å². The molecule has 110 valence electrons. The zero-order valence-corrected chi connectivity index (χ0v) is 11.7. The quantitative estimate of drug-likeness (QED) is 0.613. The number of rotatable bonds is 2. The molecular formula is C15H13N5O2. The van der Waals surface area contributed by atoms with Gasteiger partial charge in [-0.2, -0.15) is 0 Å². The molecular weight excluding hydrogens is 282 g/mol. The smallest absolute Gasteiger partial charge is 0.250 e. The minimum absolute atomic E-state index is 0.0263. The van der Waals surface area contributed by atoms with Crippen molar-refractivity contribution in [3.8, 4) is 16.9 Å². The molecule has 5 N–H and O–H groups in total. The van der Waals surface area contributed by atoms with Gasteiger partial charge in [-0.3, -0.25) is 19.7 Å². The zero-order chi connectivity index (χ0) is 15.9. The van der Waals surface area contributed by atoms with E-state index in [9.17, 15) is 9.90 Å². The number of nitrogen functional groups attached to an aromatic ring is 1. The van der Waals surface area contributed by atoms with Crippen LogP contribution in [0.4, 0.5) is 5.69 Å². The molecule has 2 heterocycles. The summed E-state index contributed by atoms with van der Waals surface area (Å²) in [5.41, 5.74) is 14.5. The number of hydrogen-bond donors (Lipinski definition) is 3. The first-order valence-electron chi connectivity index (χ1n) is 6.47. The van der Waals surface area contributed by atoms with Crippen molar-refractivity contribution in [2.24, 2.45) is 5.73 Å². The fraction of sp³-hybridized carbons (Fsp3) is 0.0667. The molecule has 3 rings (SSSR count). The second-order valence-electron chi connectivity index (χ2n) is 4.83. The second-order valence-corrected chi connectivity index (χ2v) is 4.83. The number of amides is 1. The summed E-state index contributed by atoms with van der Waals surface area (Å²) in [6.45, 7) is 1.73. The van der Waals surface area contributed by atoms with Gasteiger partial charge in [0.2, 0.25) is 0 Å². The Morgan fingerprint density at radius 2 is 1.95 bits per heavy atom. The van der Waals surface area contributed by atoms with E-state index >= 15 is 0 Å². The number of carbonyl (C=O) groups excluding carboxylic acids is 1. The van der Waals surface area contributed by atoms with E-state index in [4.69, 9.17) is 11.5 Å².